The Morgan fingerprint density at radius 3 is 2.64 bits per heavy atom. The Labute approximate surface area is 203 Å². The van der Waals surface area contributed by atoms with Crippen LogP contribution in [0.25, 0.3) is 11.0 Å². The highest BCUT2D eigenvalue weighted by molar-refractivity contribution is 5.93. The first-order chi connectivity index (χ1) is 17.3. The minimum Gasteiger partial charge on any atom is -0.508 e. The number of phenolic OH excluding ortho intramolecular Hbond substituents is 1. The Hall–Kier alpha value is -4.08. The van der Waals surface area contributed by atoms with Gasteiger partial charge in [-0.25, -0.2) is 9.97 Å². The third kappa shape index (κ3) is 3.92. The average molecular weight is 494 g/mol. The minimum absolute atomic E-state index is 0.0677. The van der Waals surface area contributed by atoms with Crippen LogP contribution in [0.3, 0.4) is 0 Å². The number of carbonyl (C=O) groups excluding carboxylic acids is 1. The molecule has 3 heterocycles. The highest BCUT2D eigenvalue weighted by atomic mass is 19.4. The molecule has 3 N–H and O–H groups in total. The van der Waals surface area contributed by atoms with Crippen LogP contribution < -0.4 is 10.1 Å². The zero-order valence-electron chi connectivity index (χ0n) is 18.9. The number of benzene rings is 2. The maximum atomic E-state index is 13.1. The number of ether oxygens (including phenoxy) is 1. The Balaban J connectivity index is 1.27. The van der Waals surface area contributed by atoms with Crippen molar-refractivity contribution in [3.63, 3.8) is 0 Å². The number of nitrogens with zero attached hydrogens (tertiary/aromatic N) is 2. The minimum atomic E-state index is -4.43. The van der Waals surface area contributed by atoms with Crippen LogP contribution >= 0.6 is 0 Å². The highest BCUT2D eigenvalue weighted by Crippen LogP contribution is 2.51. The molecule has 36 heavy (non-hydrogen) atoms. The molecule has 4 aromatic rings. The summed E-state index contributed by atoms with van der Waals surface area (Å²) in [6.45, 7) is 0. The van der Waals surface area contributed by atoms with Gasteiger partial charge in [-0.05, 0) is 67.6 Å². The molecule has 1 amide bonds. The van der Waals surface area contributed by atoms with E-state index in [1.165, 1.54) is 6.07 Å². The van der Waals surface area contributed by atoms with E-state index in [2.05, 4.69) is 20.3 Å². The monoisotopic (exact) mass is 494 g/mol. The van der Waals surface area contributed by atoms with Crippen molar-refractivity contribution in [3.05, 3.63) is 71.2 Å². The number of aromatic hydroxyl groups is 1. The predicted octanol–water partition coefficient (Wildman–Crippen LogP) is 6.02. The van der Waals surface area contributed by atoms with Crippen molar-refractivity contribution >= 4 is 22.8 Å². The number of nitrogens with one attached hydrogen (secondary N) is 2. The molecule has 1 aliphatic heterocycles. The van der Waals surface area contributed by atoms with E-state index in [0.29, 0.717) is 52.6 Å². The number of aromatic amines is 1. The number of phenols is 1. The fraction of sp³-hybridized carbons (Fsp3) is 0.269. The van der Waals surface area contributed by atoms with Crippen molar-refractivity contribution < 1.29 is 27.8 Å². The molecule has 2 atom stereocenters. The number of alkyl halides is 3. The predicted molar refractivity (Wildman–Crippen MR) is 125 cm³/mol. The molecule has 1 saturated carbocycles. The summed E-state index contributed by atoms with van der Waals surface area (Å²) in [7, 11) is 0. The van der Waals surface area contributed by atoms with Crippen LogP contribution in [0.1, 0.15) is 53.6 Å². The number of amides is 1. The van der Waals surface area contributed by atoms with Gasteiger partial charge in [0.2, 0.25) is 5.91 Å². The SMILES string of the molecule is O=C1CCc2c(Oc3ccc(O)c([C@@H]4CCC4c4nc5ccc(C(F)(F)F)cc5[nH]4)c3)ccnc2N1. The van der Waals surface area contributed by atoms with E-state index in [9.17, 15) is 23.1 Å². The average Bonchev–Trinajstić information content (AvgIpc) is 3.22. The molecule has 6 rings (SSSR count). The van der Waals surface area contributed by atoms with Crippen LogP contribution in [0.15, 0.2) is 48.7 Å². The smallest absolute Gasteiger partial charge is 0.416 e. The summed E-state index contributed by atoms with van der Waals surface area (Å²) < 4.78 is 45.4. The van der Waals surface area contributed by atoms with Gasteiger partial charge in [0, 0.05) is 29.7 Å². The van der Waals surface area contributed by atoms with Gasteiger partial charge in [-0.3, -0.25) is 4.79 Å². The van der Waals surface area contributed by atoms with E-state index >= 15 is 0 Å². The fourth-order valence-electron chi connectivity index (χ4n) is 4.95. The van der Waals surface area contributed by atoms with Crippen molar-refractivity contribution in [1.82, 2.24) is 15.0 Å². The normalized spacial score (nSPS) is 19.5. The molecular formula is C26H21F3N4O3. The van der Waals surface area contributed by atoms with Gasteiger partial charge in [0.05, 0.1) is 16.6 Å². The summed E-state index contributed by atoms with van der Waals surface area (Å²) in [5, 5.41) is 13.4. The Bertz CT molecular complexity index is 1500. The van der Waals surface area contributed by atoms with E-state index in [-0.39, 0.29) is 23.5 Å². The summed E-state index contributed by atoms with van der Waals surface area (Å²) in [4.78, 5) is 23.5. The summed E-state index contributed by atoms with van der Waals surface area (Å²) >= 11 is 0. The van der Waals surface area contributed by atoms with Crippen molar-refractivity contribution in [2.24, 2.45) is 0 Å². The van der Waals surface area contributed by atoms with Gasteiger partial charge in [-0.15, -0.1) is 0 Å². The van der Waals surface area contributed by atoms with Gasteiger partial charge in [-0.2, -0.15) is 13.2 Å². The molecule has 184 valence electrons. The molecule has 2 aromatic heterocycles. The van der Waals surface area contributed by atoms with E-state index in [1.807, 2.05) is 0 Å². The molecule has 0 spiro atoms. The Morgan fingerprint density at radius 2 is 1.86 bits per heavy atom. The summed E-state index contributed by atoms with van der Waals surface area (Å²) in [5.74, 6) is 2.09. The van der Waals surface area contributed by atoms with Crippen LogP contribution in [-0.4, -0.2) is 26.0 Å². The molecular weight excluding hydrogens is 473 g/mol. The van der Waals surface area contributed by atoms with Crippen LogP contribution in [-0.2, 0) is 17.4 Å². The molecule has 1 aliphatic carbocycles. The van der Waals surface area contributed by atoms with Crippen LogP contribution in [0, 0.1) is 0 Å². The maximum Gasteiger partial charge on any atom is 0.416 e. The van der Waals surface area contributed by atoms with Gasteiger partial charge in [0.1, 0.15) is 28.9 Å². The fourth-order valence-corrected chi connectivity index (χ4v) is 4.95. The summed E-state index contributed by atoms with van der Waals surface area (Å²) in [5.41, 5.74) is 1.58. The molecule has 0 saturated heterocycles. The molecule has 7 nitrogen and oxygen atoms in total. The van der Waals surface area contributed by atoms with Crippen LogP contribution in [0.2, 0.25) is 0 Å². The number of hydrogen-bond acceptors (Lipinski definition) is 5. The molecule has 0 bridgehead atoms. The zero-order chi connectivity index (χ0) is 25.0. The number of rotatable bonds is 4. The second-order valence-electron chi connectivity index (χ2n) is 9.15. The Kier molecular flexibility index (Phi) is 5.13. The van der Waals surface area contributed by atoms with E-state index in [4.69, 9.17) is 4.74 Å². The largest absolute Gasteiger partial charge is 0.508 e. The third-order valence-electron chi connectivity index (χ3n) is 6.95. The number of aromatic nitrogens is 3. The standard InChI is InChI=1S/C26H21F3N4O3/c27-26(28,29)13-1-6-19-20(11-13)32-25(31-19)16-4-3-15(16)18-12-14(2-7-21(18)34)36-22-9-10-30-24-17(22)5-8-23(35)33-24/h1-2,6-7,9-12,15-16,34H,3-5,8H2,(H,31,32)(H,30,33,35)/t15-,16?/m1/s1. The van der Waals surface area contributed by atoms with Crippen LogP contribution in [0.5, 0.6) is 17.2 Å². The lowest BCUT2D eigenvalue weighted by molar-refractivity contribution is -0.137. The molecule has 10 heteroatoms. The number of fused-ring (bicyclic) bond motifs is 2. The number of halogens is 3. The number of hydrogen-bond donors (Lipinski definition) is 3. The van der Waals surface area contributed by atoms with Crippen molar-refractivity contribution in [2.75, 3.05) is 5.32 Å². The van der Waals surface area contributed by atoms with Crippen molar-refractivity contribution in [1.29, 1.82) is 0 Å². The van der Waals surface area contributed by atoms with E-state index < -0.39 is 11.7 Å². The van der Waals surface area contributed by atoms with Gasteiger partial charge in [0.15, 0.2) is 0 Å². The van der Waals surface area contributed by atoms with Crippen molar-refractivity contribution in [2.45, 2.75) is 43.7 Å². The third-order valence-corrected chi connectivity index (χ3v) is 6.95. The Morgan fingerprint density at radius 1 is 1.03 bits per heavy atom. The summed E-state index contributed by atoms with van der Waals surface area (Å²) in [6, 6.07) is 10.2. The molecule has 2 aliphatic rings. The first-order valence-electron chi connectivity index (χ1n) is 11.6. The lowest BCUT2D eigenvalue weighted by Gasteiger charge is -2.36. The number of imidazole rings is 1. The van der Waals surface area contributed by atoms with E-state index in [1.54, 1.807) is 30.5 Å². The number of carbonyl (C=O) groups is 1. The molecule has 1 fully saturated rings. The second kappa shape index (κ2) is 8.25. The number of anilines is 1. The van der Waals surface area contributed by atoms with Gasteiger partial charge >= 0.3 is 6.18 Å². The van der Waals surface area contributed by atoms with Crippen molar-refractivity contribution in [3.8, 4) is 17.2 Å². The number of pyridine rings is 1. The lowest BCUT2D eigenvalue weighted by atomic mass is 9.69. The highest BCUT2D eigenvalue weighted by Gasteiger charge is 2.38. The molecule has 2 aromatic carbocycles. The quantitative estimate of drug-likeness (QED) is 0.322. The lowest BCUT2D eigenvalue weighted by Crippen LogP contribution is -2.23. The molecule has 1 unspecified atom stereocenters. The van der Waals surface area contributed by atoms with Gasteiger partial charge in [-0.1, -0.05) is 0 Å². The van der Waals surface area contributed by atoms with E-state index in [0.717, 1.165) is 30.5 Å². The first-order valence-corrected chi connectivity index (χ1v) is 11.6. The number of H-pyrrole nitrogens is 1. The van der Waals surface area contributed by atoms with Gasteiger partial charge < -0.3 is 20.1 Å². The first kappa shape index (κ1) is 22.4. The topological polar surface area (TPSA) is 100 Å². The van der Waals surface area contributed by atoms with Gasteiger partial charge in [0.25, 0.3) is 0 Å². The zero-order valence-corrected chi connectivity index (χ0v) is 18.9. The molecule has 0 radical (unpaired) electrons. The van der Waals surface area contributed by atoms with Crippen LogP contribution in [0.4, 0.5) is 19.0 Å². The maximum absolute atomic E-state index is 13.1. The second-order valence-corrected chi connectivity index (χ2v) is 9.15. The summed E-state index contributed by atoms with van der Waals surface area (Å²) in [6.07, 6.45) is -0.412.